The van der Waals surface area contributed by atoms with E-state index in [9.17, 15) is 23.3 Å². The standard InChI is InChI=1S/C23H23N5O4S/c1-27(15-21-25-19-8-4-3-7-18(19)22(29)26-21)23(30)16-10-12-28(13-11-16)33(31,32)20-9-5-2-6-17(20)14-24/h2-9,16H,10-13,15H2,1H3,(H,25,26,29). The number of fused-ring (bicyclic) bond motifs is 1. The van der Waals surface area contributed by atoms with E-state index < -0.39 is 10.0 Å². The zero-order chi connectivity index (χ0) is 23.6. The summed E-state index contributed by atoms with van der Waals surface area (Å²) < 4.78 is 27.3. The maximum atomic E-state index is 13.0. The van der Waals surface area contributed by atoms with Gasteiger partial charge in [-0.25, -0.2) is 13.4 Å². The Bertz CT molecular complexity index is 1400. The first-order valence-electron chi connectivity index (χ1n) is 10.5. The van der Waals surface area contributed by atoms with E-state index in [2.05, 4.69) is 9.97 Å². The topological polar surface area (TPSA) is 127 Å². The number of sulfonamides is 1. The number of piperidine rings is 1. The maximum Gasteiger partial charge on any atom is 0.258 e. The predicted molar refractivity (Wildman–Crippen MR) is 121 cm³/mol. The molecule has 1 aliphatic rings. The molecule has 10 heteroatoms. The van der Waals surface area contributed by atoms with Crippen LogP contribution in [0.15, 0.2) is 58.2 Å². The number of nitrogens with zero attached hydrogens (tertiary/aromatic N) is 4. The highest BCUT2D eigenvalue weighted by Crippen LogP contribution is 2.26. The minimum absolute atomic E-state index is 0.0132. The van der Waals surface area contributed by atoms with Crippen molar-refractivity contribution in [1.29, 1.82) is 5.26 Å². The van der Waals surface area contributed by atoms with Gasteiger partial charge in [-0.05, 0) is 37.1 Å². The summed E-state index contributed by atoms with van der Waals surface area (Å²) in [4.78, 5) is 33.9. The Hall–Kier alpha value is -3.55. The van der Waals surface area contributed by atoms with Crippen LogP contribution in [0, 0.1) is 17.2 Å². The van der Waals surface area contributed by atoms with Gasteiger partial charge >= 0.3 is 0 Å². The number of hydrogen-bond donors (Lipinski definition) is 1. The summed E-state index contributed by atoms with van der Waals surface area (Å²) in [5, 5.41) is 9.73. The molecule has 33 heavy (non-hydrogen) atoms. The van der Waals surface area contributed by atoms with Crippen molar-refractivity contribution < 1.29 is 13.2 Å². The number of benzene rings is 2. The minimum atomic E-state index is -3.81. The van der Waals surface area contributed by atoms with Crippen molar-refractivity contribution in [2.24, 2.45) is 5.92 Å². The van der Waals surface area contributed by atoms with E-state index in [-0.39, 0.29) is 47.5 Å². The predicted octanol–water partition coefficient (Wildman–Crippen LogP) is 1.85. The number of aromatic nitrogens is 2. The first kappa shape index (κ1) is 22.6. The number of rotatable bonds is 5. The van der Waals surface area contributed by atoms with Crippen molar-refractivity contribution in [3.63, 3.8) is 0 Å². The lowest BCUT2D eigenvalue weighted by Gasteiger charge is -2.32. The molecule has 0 bridgehead atoms. The second-order valence-electron chi connectivity index (χ2n) is 8.01. The quantitative estimate of drug-likeness (QED) is 0.613. The fourth-order valence-electron chi connectivity index (χ4n) is 4.09. The molecule has 1 N–H and O–H groups in total. The molecule has 1 saturated heterocycles. The largest absolute Gasteiger partial charge is 0.338 e. The van der Waals surface area contributed by atoms with E-state index in [0.717, 1.165) is 0 Å². The molecule has 0 aliphatic carbocycles. The van der Waals surface area contributed by atoms with Crippen molar-refractivity contribution in [1.82, 2.24) is 19.2 Å². The third-order valence-corrected chi connectivity index (χ3v) is 7.81. The summed E-state index contributed by atoms with van der Waals surface area (Å²) in [6, 6.07) is 15.0. The summed E-state index contributed by atoms with van der Waals surface area (Å²) in [7, 11) is -2.17. The number of carbonyl (C=O) groups excluding carboxylic acids is 1. The van der Waals surface area contributed by atoms with Crippen molar-refractivity contribution in [2.45, 2.75) is 24.3 Å². The molecule has 1 amide bonds. The molecule has 0 radical (unpaired) electrons. The lowest BCUT2D eigenvalue weighted by atomic mass is 9.96. The maximum absolute atomic E-state index is 13.0. The Morgan fingerprint density at radius 2 is 1.85 bits per heavy atom. The van der Waals surface area contributed by atoms with Crippen molar-refractivity contribution in [3.8, 4) is 6.07 Å². The normalized spacial score (nSPS) is 15.3. The highest BCUT2D eigenvalue weighted by Gasteiger charge is 2.34. The van der Waals surface area contributed by atoms with Crippen LogP contribution in [0.4, 0.5) is 0 Å². The number of hydrogen-bond acceptors (Lipinski definition) is 6. The van der Waals surface area contributed by atoms with E-state index in [0.29, 0.717) is 29.6 Å². The summed E-state index contributed by atoms with van der Waals surface area (Å²) in [5.74, 6) is -0.0669. The van der Waals surface area contributed by atoms with Crippen molar-refractivity contribution in [2.75, 3.05) is 20.1 Å². The number of aromatic amines is 1. The molecule has 0 saturated carbocycles. The number of carbonyl (C=O) groups is 1. The zero-order valence-corrected chi connectivity index (χ0v) is 18.9. The summed E-state index contributed by atoms with van der Waals surface area (Å²) in [5.41, 5.74) is 0.410. The molecular formula is C23H23N5O4S. The van der Waals surface area contributed by atoms with E-state index in [1.165, 1.54) is 21.3 Å². The van der Waals surface area contributed by atoms with Crippen LogP contribution in [-0.4, -0.2) is 53.6 Å². The Balaban J connectivity index is 1.42. The second kappa shape index (κ2) is 9.13. The summed E-state index contributed by atoms with van der Waals surface area (Å²) in [6.07, 6.45) is 0.748. The van der Waals surface area contributed by atoms with Gasteiger partial charge in [-0.3, -0.25) is 9.59 Å². The van der Waals surface area contributed by atoms with Crippen molar-refractivity contribution in [3.05, 3.63) is 70.3 Å². The third kappa shape index (κ3) is 4.51. The van der Waals surface area contributed by atoms with E-state index >= 15 is 0 Å². The fraction of sp³-hybridized carbons (Fsp3) is 0.304. The zero-order valence-electron chi connectivity index (χ0n) is 18.1. The SMILES string of the molecule is CN(Cc1nc2ccccc2c(=O)[nH]1)C(=O)C1CCN(S(=O)(=O)c2ccccc2C#N)CC1. The van der Waals surface area contributed by atoms with Gasteiger partial charge in [0.2, 0.25) is 15.9 Å². The Morgan fingerprint density at radius 3 is 2.58 bits per heavy atom. The number of nitriles is 1. The van der Waals surface area contributed by atoms with Crippen LogP contribution in [0.25, 0.3) is 10.9 Å². The van der Waals surface area contributed by atoms with Gasteiger partial charge in [-0.2, -0.15) is 9.57 Å². The molecule has 2 aromatic carbocycles. The van der Waals surface area contributed by atoms with Gasteiger partial charge in [0.05, 0.1) is 27.9 Å². The molecule has 3 aromatic rings. The lowest BCUT2D eigenvalue weighted by Crippen LogP contribution is -2.43. The van der Waals surface area contributed by atoms with Crippen LogP contribution in [0.2, 0.25) is 0 Å². The smallest absolute Gasteiger partial charge is 0.258 e. The molecule has 4 rings (SSSR count). The average Bonchev–Trinajstić information content (AvgIpc) is 2.83. The molecule has 9 nitrogen and oxygen atoms in total. The Morgan fingerprint density at radius 1 is 1.18 bits per heavy atom. The van der Waals surface area contributed by atoms with Crippen LogP contribution >= 0.6 is 0 Å². The number of H-pyrrole nitrogens is 1. The van der Waals surface area contributed by atoms with Crippen LogP contribution in [0.1, 0.15) is 24.2 Å². The van der Waals surface area contributed by atoms with Gasteiger partial charge in [0.15, 0.2) is 0 Å². The van der Waals surface area contributed by atoms with Gasteiger partial charge in [0.25, 0.3) is 5.56 Å². The van der Waals surface area contributed by atoms with E-state index in [4.69, 9.17) is 0 Å². The third-order valence-electron chi connectivity index (χ3n) is 5.85. The van der Waals surface area contributed by atoms with Crippen molar-refractivity contribution >= 4 is 26.8 Å². The second-order valence-corrected chi connectivity index (χ2v) is 9.92. The molecule has 0 spiro atoms. The molecule has 1 aliphatic heterocycles. The van der Waals surface area contributed by atoms with E-state index in [1.807, 2.05) is 6.07 Å². The van der Waals surface area contributed by atoms with Crippen LogP contribution in [0.5, 0.6) is 0 Å². The monoisotopic (exact) mass is 465 g/mol. The highest BCUT2D eigenvalue weighted by molar-refractivity contribution is 7.89. The minimum Gasteiger partial charge on any atom is -0.338 e. The summed E-state index contributed by atoms with van der Waals surface area (Å²) >= 11 is 0. The Labute approximate surface area is 191 Å². The van der Waals surface area contributed by atoms with Gasteiger partial charge < -0.3 is 9.88 Å². The van der Waals surface area contributed by atoms with Gasteiger partial charge in [0, 0.05) is 26.1 Å². The molecule has 1 aromatic heterocycles. The van der Waals surface area contributed by atoms with E-state index in [1.54, 1.807) is 43.4 Å². The summed E-state index contributed by atoms with van der Waals surface area (Å²) in [6.45, 7) is 0.530. The fourth-order valence-corrected chi connectivity index (χ4v) is 5.70. The Kier molecular flexibility index (Phi) is 6.26. The number of amides is 1. The first-order chi connectivity index (χ1) is 15.8. The van der Waals surface area contributed by atoms with Crippen LogP contribution in [0.3, 0.4) is 0 Å². The molecule has 170 valence electrons. The van der Waals surface area contributed by atoms with Crippen LogP contribution in [-0.2, 0) is 21.4 Å². The number of para-hydroxylation sites is 1. The molecule has 0 unspecified atom stereocenters. The molecule has 1 fully saturated rings. The van der Waals surface area contributed by atoms with Gasteiger partial charge in [-0.1, -0.05) is 24.3 Å². The van der Waals surface area contributed by atoms with Gasteiger partial charge in [0.1, 0.15) is 11.9 Å². The molecule has 0 atom stereocenters. The van der Waals surface area contributed by atoms with Gasteiger partial charge in [-0.15, -0.1) is 0 Å². The first-order valence-corrected chi connectivity index (χ1v) is 12.0. The molecule has 2 heterocycles. The lowest BCUT2D eigenvalue weighted by molar-refractivity contribution is -0.136. The molecular weight excluding hydrogens is 442 g/mol. The average molecular weight is 466 g/mol. The van der Waals surface area contributed by atoms with Crippen LogP contribution < -0.4 is 5.56 Å². The number of nitrogens with one attached hydrogen (secondary N) is 1. The highest BCUT2D eigenvalue weighted by atomic mass is 32.2.